The van der Waals surface area contributed by atoms with Gasteiger partial charge in [0.15, 0.2) is 5.69 Å². The molecule has 6 heteroatoms. The number of pyridine rings is 1. The summed E-state index contributed by atoms with van der Waals surface area (Å²) < 4.78 is 1.62. The molecule has 0 amide bonds. The van der Waals surface area contributed by atoms with Gasteiger partial charge in [0, 0.05) is 10.6 Å². The highest BCUT2D eigenvalue weighted by molar-refractivity contribution is 6.30. The van der Waals surface area contributed by atoms with Crippen LogP contribution in [-0.4, -0.2) is 20.5 Å². The summed E-state index contributed by atoms with van der Waals surface area (Å²) in [6.45, 7) is 0. The predicted molar refractivity (Wildman–Crippen MR) is 77.0 cm³/mol. The summed E-state index contributed by atoms with van der Waals surface area (Å²) in [6, 6.07) is 12.1. The number of imidazole rings is 1. The molecule has 0 saturated heterocycles. The maximum Gasteiger partial charge on any atom is 0.356 e. The number of carboxylic acid groups (broad SMARTS) is 1. The van der Waals surface area contributed by atoms with Gasteiger partial charge in [-0.05, 0) is 36.4 Å². The summed E-state index contributed by atoms with van der Waals surface area (Å²) in [5, 5.41) is 9.84. The number of rotatable bonds is 2. The highest BCUT2D eigenvalue weighted by Crippen LogP contribution is 2.26. The van der Waals surface area contributed by atoms with Crippen molar-refractivity contribution in [1.82, 2.24) is 9.38 Å². The minimum absolute atomic E-state index is 0.0257. The van der Waals surface area contributed by atoms with Gasteiger partial charge < -0.3 is 10.8 Å². The van der Waals surface area contributed by atoms with Gasteiger partial charge >= 0.3 is 5.97 Å². The first kappa shape index (κ1) is 12.5. The molecule has 2 heterocycles. The molecule has 0 fully saturated rings. The van der Waals surface area contributed by atoms with Gasteiger partial charge in [-0.1, -0.05) is 17.7 Å². The monoisotopic (exact) mass is 287 g/mol. The predicted octanol–water partition coefficient (Wildman–Crippen LogP) is 2.94. The van der Waals surface area contributed by atoms with Crippen molar-refractivity contribution in [2.75, 3.05) is 5.73 Å². The first-order valence-electron chi connectivity index (χ1n) is 5.84. The molecule has 2 aromatic heterocycles. The Balaban J connectivity index is 2.35. The Morgan fingerprint density at radius 2 is 1.90 bits per heavy atom. The van der Waals surface area contributed by atoms with E-state index in [1.54, 1.807) is 46.9 Å². The SMILES string of the molecule is Nc1cccc2c(C(=O)O)nc(-c3ccc(Cl)cc3)n12. The van der Waals surface area contributed by atoms with Crippen LogP contribution in [-0.2, 0) is 0 Å². The van der Waals surface area contributed by atoms with E-state index in [1.165, 1.54) is 0 Å². The average Bonchev–Trinajstić information content (AvgIpc) is 2.81. The smallest absolute Gasteiger partial charge is 0.356 e. The van der Waals surface area contributed by atoms with E-state index in [-0.39, 0.29) is 5.69 Å². The zero-order chi connectivity index (χ0) is 14.3. The van der Waals surface area contributed by atoms with E-state index in [2.05, 4.69) is 4.98 Å². The highest BCUT2D eigenvalue weighted by Gasteiger charge is 2.18. The number of benzene rings is 1. The molecular weight excluding hydrogens is 278 g/mol. The number of hydrogen-bond donors (Lipinski definition) is 2. The Bertz CT molecular complexity index is 809. The van der Waals surface area contributed by atoms with Gasteiger partial charge in [0.1, 0.15) is 11.6 Å². The van der Waals surface area contributed by atoms with Crippen molar-refractivity contribution >= 4 is 28.9 Å². The number of carboxylic acids is 1. The van der Waals surface area contributed by atoms with Crippen molar-refractivity contribution in [3.8, 4) is 11.4 Å². The van der Waals surface area contributed by atoms with E-state index in [0.29, 0.717) is 22.2 Å². The van der Waals surface area contributed by atoms with Crippen molar-refractivity contribution in [2.24, 2.45) is 0 Å². The van der Waals surface area contributed by atoms with Crippen LogP contribution in [0.1, 0.15) is 10.5 Å². The van der Waals surface area contributed by atoms with Gasteiger partial charge in [-0.25, -0.2) is 9.78 Å². The lowest BCUT2D eigenvalue weighted by Gasteiger charge is -2.04. The first-order chi connectivity index (χ1) is 9.58. The van der Waals surface area contributed by atoms with Gasteiger partial charge in [0.05, 0.1) is 5.52 Å². The fourth-order valence-corrected chi connectivity index (χ4v) is 2.24. The van der Waals surface area contributed by atoms with Crippen LogP contribution in [0.5, 0.6) is 0 Å². The number of hydrogen-bond acceptors (Lipinski definition) is 3. The lowest BCUT2D eigenvalue weighted by Crippen LogP contribution is -1.99. The molecule has 5 nitrogen and oxygen atoms in total. The molecule has 0 spiro atoms. The van der Waals surface area contributed by atoms with E-state index in [0.717, 1.165) is 5.56 Å². The van der Waals surface area contributed by atoms with Crippen LogP contribution in [0.3, 0.4) is 0 Å². The van der Waals surface area contributed by atoms with Gasteiger partial charge in [0.2, 0.25) is 0 Å². The van der Waals surface area contributed by atoms with Crippen LogP contribution >= 0.6 is 11.6 Å². The second-order valence-electron chi connectivity index (χ2n) is 4.27. The standard InChI is InChI=1S/C14H10ClN3O2/c15-9-6-4-8(5-7-9)13-17-12(14(19)20)10-2-1-3-11(16)18(10)13/h1-7H,16H2,(H,19,20). The summed E-state index contributed by atoms with van der Waals surface area (Å²) in [5.74, 6) is -0.187. The van der Waals surface area contributed by atoms with Gasteiger partial charge in [-0.15, -0.1) is 0 Å². The Morgan fingerprint density at radius 3 is 2.55 bits per heavy atom. The summed E-state index contributed by atoms with van der Waals surface area (Å²) in [5.41, 5.74) is 7.12. The lowest BCUT2D eigenvalue weighted by molar-refractivity contribution is 0.0693. The third-order valence-corrected chi connectivity index (χ3v) is 3.25. The zero-order valence-corrected chi connectivity index (χ0v) is 11.0. The molecule has 3 aromatic rings. The Labute approximate surface area is 119 Å². The molecule has 100 valence electrons. The molecule has 3 rings (SSSR count). The maximum atomic E-state index is 11.3. The van der Waals surface area contributed by atoms with Crippen molar-refractivity contribution in [3.63, 3.8) is 0 Å². The molecule has 0 aliphatic heterocycles. The number of aromatic carboxylic acids is 1. The second-order valence-corrected chi connectivity index (χ2v) is 4.70. The Hall–Kier alpha value is -2.53. The van der Waals surface area contributed by atoms with Crippen LogP contribution in [0.25, 0.3) is 16.9 Å². The molecule has 1 aromatic carbocycles. The number of aromatic nitrogens is 2. The molecule has 0 unspecified atom stereocenters. The third-order valence-electron chi connectivity index (χ3n) is 3.00. The number of anilines is 1. The van der Waals surface area contributed by atoms with Crippen molar-refractivity contribution < 1.29 is 9.90 Å². The van der Waals surface area contributed by atoms with Crippen molar-refractivity contribution in [3.05, 3.63) is 53.2 Å². The van der Waals surface area contributed by atoms with Crippen LogP contribution in [0.4, 0.5) is 5.82 Å². The molecule has 0 bridgehead atoms. The molecular formula is C14H10ClN3O2. The molecule has 20 heavy (non-hydrogen) atoms. The third kappa shape index (κ3) is 1.88. The minimum atomic E-state index is -1.09. The normalized spacial score (nSPS) is 10.8. The summed E-state index contributed by atoms with van der Waals surface area (Å²) >= 11 is 5.86. The molecule has 0 atom stereocenters. The fraction of sp³-hybridized carbons (Fsp3) is 0. The largest absolute Gasteiger partial charge is 0.476 e. The molecule has 0 radical (unpaired) electrons. The summed E-state index contributed by atoms with van der Waals surface area (Å²) in [6.07, 6.45) is 0. The topological polar surface area (TPSA) is 80.6 Å². The molecule has 0 aliphatic rings. The highest BCUT2D eigenvalue weighted by atomic mass is 35.5. The fourth-order valence-electron chi connectivity index (χ4n) is 2.11. The van der Waals surface area contributed by atoms with Crippen LogP contribution < -0.4 is 5.73 Å². The Morgan fingerprint density at radius 1 is 1.20 bits per heavy atom. The van der Waals surface area contributed by atoms with Crippen molar-refractivity contribution in [1.29, 1.82) is 0 Å². The van der Waals surface area contributed by atoms with E-state index < -0.39 is 5.97 Å². The molecule has 3 N–H and O–H groups in total. The van der Waals surface area contributed by atoms with E-state index >= 15 is 0 Å². The number of fused-ring (bicyclic) bond motifs is 1. The van der Waals surface area contributed by atoms with Gasteiger partial charge in [-0.3, -0.25) is 4.40 Å². The Kier molecular flexibility index (Phi) is 2.84. The zero-order valence-electron chi connectivity index (χ0n) is 10.2. The quantitative estimate of drug-likeness (QED) is 0.759. The maximum absolute atomic E-state index is 11.3. The van der Waals surface area contributed by atoms with E-state index in [9.17, 15) is 9.90 Å². The number of nitrogens with two attached hydrogens (primary N) is 1. The van der Waals surface area contributed by atoms with Crippen LogP contribution in [0, 0.1) is 0 Å². The van der Waals surface area contributed by atoms with E-state index in [4.69, 9.17) is 17.3 Å². The van der Waals surface area contributed by atoms with Gasteiger partial charge in [0.25, 0.3) is 0 Å². The first-order valence-corrected chi connectivity index (χ1v) is 6.22. The average molecular weight is 288 g/mol. The summed E-state index contributed by atoms with van der Waals surface area (Å²) in [7, 11) is 0. The number of nitrogens with zero attached hydrogens (tertiary/aromatic N) is 2. The number of halogens is 1. The van der Waals surface area contributed by atoms with Crippen LogP contribution in [0.2, 0.25) is 5.02 Å². The lowest BCUT2D eigenvalue weighted by atomic mass is 10.2. The van der Waals surface area contributed by atoms with Crippen LogP contribution in [0.15, 0.2) is 42.5 Å². The van der Waals surface area contributed by atoms with E-state index in [1.807, 2.05) is 0 Å². The minimum Gasteiger partial charge on any atom is -0.476 e. The van der Waals surface area contributed by atoms with Crippen molar-refractivity contribution in [2.45, 2.75) is 0 Å². The number of carbonyl (C=O) groups is 1. The summed E-state index contributed by atoms with van der Waals surface area (Å²) in [4.78, 5) is 15.5. The van der Waals surface area contributed by atoms with Gasteiger partial charge in [-0.2, -0.15) is 0 Å². The molecule has 0 saturated carbocycles. The second kappa shape index (κ2) is 4.54. The number of nitrogen functional groups attached to an aromatic ring is 1. The molecule has 0 aliphatic carbocycles.